The highest BCUT2D eigenvalue weighted by Crippen LogP contribution is 2.22. The number of quaternary nitrogens is 1. The van der Waals surface area contributed by atoms with E-state index in [9.17, 15) is 0 Å². The predicted molar refractivity (Wildman–Crippen MR) is 139 cm³/mol. The van der Waals surface area contributed by atoms with Crippen molar-refractivity contribution in [1.82, 2.24) is 19.1 Å². The molecular weight excluding hydrogens is 420 g/mol. The first-order chi connectivity index (χ1) is 16.8. The van der Waals surface area contributed by atoms with Crippen LogP contribution in [0.2, 0.25) is 0 Å². The predicted octanol–water partition coefficient (Wildman–Crippen LogP) is 4.11. The lowest BCUT2D eigenvalue weighted by Gasteiger charge is -2.16. The van der Waals surface area contributed by atoms with Crippen molar-refractivity contribution in [2.24, 2.45) is 4.99 Å². The Bertz CT molecular complexity index is 1410. The lowest BCUT2D eigenvalue weighted by molar-refractivity contribution is -0.897. The van der Waals surface area contributed by atoms with Crippen LogP contribution in [-0.4, -0.2) is 45.0 Å². The number of likely N-dealkylation sites (N-methyl/N-ethyl adjacent to an activating group) is 1. The molecule has 34 heavy (non-hydrogen) atoms. The van der Waals surface area contributed by atoms with Crippen LogP contribution in [-0.2, 0) is 13.1 Å². The molecule has 5 aromatic rings. The van der Waals surface area contributed by atoms with Gasteiger partial charge in [-0.2, -0.15) is 0 Å². The molecule has 2 aromatic heterocycles. The van der Waals surface area contributed by atoms with E-state index in [0.29, 0.717) is 0 Å². The molecule has 0 aliphatic heterocycles. The average molecular weight is 452 g/mol. The molecule has 0 saturated carbocycles. The maximum Gasteiger partial charge on any atom is 0.230 e. The van der Waals surface area contributed by atoms with Crippen molar-refractivity contribution in [1.29, 1.82) is 0 Å². The summed E-state index contributed by atoms with van der Waals surface area (Å²) in [6.07, 6.45) is 1.87. The second-order valence-electron chi connectivity index (χ2n) is 8.55. The SMILES string of the molecule is CC[NH+](CC)CCn1c(N=Cc2nc3ccccc3n2Cc2ccccc2)nc2ccccc21. The number of hydrogen-bond donors (Lipinski definition) is 1. The summed E-state index contributed by atoms with van der Waals surface area (Å²) in [6.45, 7) is 9.37. The zero-order chi connectivity index (χ0) is 23.3. The number of rotatable bonds is 9. The van der Waals surface area contributed by atoms with Crippen LogP contribution in [0.3, 0.4) is 0 Å². The molecule has 0 aliphatic carbocycles. The highest BCUT2D eigenvalue weighted by Gasteiger charge is 2.13. The molecule has 5 rings (SSSR count). The summed E-state index contributed by atoms with van der Waals surface area (Å²) in [5.74, 6) is 1.56. The number of benzene rings is 3. The normalized spacial score (nSPS) is 12.0. The summed E-state index contributed by atoms with van der Waals surface area (Å²) in [4.78, 5) is 16.2. The van der Waals surface area contributed by atoms with Crippen LogP contribution in [0, 0.1) is 0 Å². The minimum atomic E-state index is 0.728. The topological polar surface area (TPSA) is 52.4 Å². The Morgan fingerprint density at radius 3 is 2.09 bits per heavy atom. The van der Waals surface area contributed by atoms with Gasteiger partial charge in [-0.15, -0.1) is 0 Å². The van der Waals surface area contributed by atoms with Crippen LogP contribution in [0.5, 0.6) is 0 Å². The third-order valence-corrected chi connectivity index (χ3v) is 6.49. The zero-order valence-corrected chi connectivity index (χ0v) is 19.9. The largest absolute Gasteiger partial charge is 0.334 e. The Morgan fingerprint density at radius 1 is 0.765 bits per heavy atom. The summed E-state index contributed by atoms with van der Waals surface area (Å²) in [7, 11) is 0. The molecule has 0 fully saturated rings. The van der Waals surface area contributed by atoms with E-state index in [1.54, 1.807) is 4.90 Å². The van der Waals surface area contributed by atoms with Crippen molar-refractivity contribution in [3.63, 3.8) is 0 Å². The lowest BCUT2D eigenvalue weighted by atomic mass is 10.2. The molecule has 2 heterocycles. The summed E-state index contributed by atoms with van der Waals surface area (Å²) in [5, 5.41) is 0. The van der Waals surface area contributed by atoms with Crippen molar-refractivity contribution in [3.05, 3.63) is 90.3 Å². The third kappa shape index (κ3) is 4.50. The summed E-state index contributed by atoms with van der Waals surface area (Å²) >= 11 is 0. The van der Waals surface area contributed by atoms with E-state index in [-0.39, 0.29) is 0 Å². The van der Waals surface area contributed by atoms with Gasteiger partial charge in [-0.25, -0.2) is 15.0 Å². The number of fused-ring (bicyclic) bond motifs is 2. The van der Waals surface area contributed by atoms with Crippen LogP contribution < -0.4 is 4.90 Å². The molecule has 0 saturated heterocycles. The Balaban J connectivity index is 1.53. The summed E-state index contributed by atoms with van der Waals surface area (Å²) in [5.41, 5.74) is 5.40. The van der Waals surface area contributed by atoms with E-state index in [1.165, 1.54) is 5.56 Å². The molecule has 0 amide bonds. The van der Waals surface area contributed by atoms with Crippen LogP contribution in [0.4, 0.5) is 5.95 Å². The van der Waals surface area contributed by atoms with Gasteiger partial charge in [0, 0.05) is 6.54 Å². The van der Waals surface area contributed by atoms with Gasteiger partial charge in [0.1, 0.15) is 0 Å². The van der Waals surface area contributed by atoms with Gasteiger partial charge in [0.2, 0.25) is 5.95 Å². The standard InChI is InChI=1S/C28H30N6/c1-3-32(4-2)18-19-33-25-16-10-9-15-24(25)31-28(33)29-20-27-30-23-14-8-11-17-26(23)34(27)21-22-12-6-5-7-13-22/h5-17,20H,3-4,18-19,21H2,1-2H3/p+1. The van der Waals surface area contributed by atoms with Gasteiger partial charge in [-0.3, -0.25) is 0 Å². The van der Waals surface area contributed by atoms with E-state index in [0.717, 1.165) is 66.6 Å². The Labute approximate surface area is 200 Å². The van der Waals surface area contributed by atoms with Gasteiger partial charge in [-0.1, -0.05) is 54.6 Å². The number of hydrogen-bond acceptors (Lipinski definition) is 3. The van der Waals surface area contributed by atoms with Gasteiger partial charge in [0.25, 0.3) is 0 Å². The minimum Gasteiger partial charge on any atom is -0.334 e. The number of nitrogens with zero attached hydrogens (tertiary/aromatic N) is 5. The third-order valence-electron chi connectivity index (χ3n) is 6.49. The van der Waals surface area contributed by atoms with Crippen molar-refractivity contribution in [2.45, 2.75) is 26.9 Å². The molecule has 0 atom stereocenters. The molecule has 6 nitrogen and oxygen atoms in total. The van der Waals surface area contributed by atoms with E-state index in [1.807, 2.05) is 24.4 Å². The molecular formula is C28H31N6+. The van der Waals surface area contributed by atoms with E-state index < -0.39 is 0 Å². The first-order valence-corrected chi connectivity index (χ1v) is 12.1. The second-order valence-corrected chi connectivity index (χ2v) is 8.55. The maximum atomic E-state index is 4.88. The first kappa shape index (κ1) is 22.0. The molecule has 0 aliphatic rings. The number of aliphatic imine (C=N–C) groups is 1. The Kier molecular flexibility index (Phi) is 6.49. The van der Waals surface area contributed by atoms with Crippen LogP contribution in [0.1, 0.15) is 25.2 Å². The Hall–Kier alpha value is -3.77. The first-order valence-electron chi connectivity index (χ1n) is 12.1. The van der Waals surface area contributed by atoms with E-state index in [4.69, 9.17) is 15.0 Å². The van der Waals surface area contributed by atoms with Gasteiger partial charge in [0.05, 0.1) is 54.5 Å². The fraction of sp³-hybridized carbons (Fsp3) is 0.250. The van der Waals surface area contributed by atoms with Gasteiger partial charge in [0.15, 0.2) is 5.82 Å². The van der Waals surface area contributed by atoms with Crippen molar-refractivity contribution in [3.8, 4) is 0 Å². The quantitative estimate of drug-likeness (QED) is 0.343. The molecule has 0 spiro atoms. The van der Waals surface area contributed by atoms with Crippen molar-refractivity contribution >= 4 is 34.2 Å². The summed E-state index contributed by atoms with van der Waals surface area (Å²) < 4.78 is 4.46. The minimum absolute atomic E-state index is 0.728. The number of imidazole rings is 2. The van der Waals surface area contributed by atoms with Gasteiger partial charge in [-0.05, 0) is 43.7 Å². The molecule has 3 aromatic carbocycles. The number of aromatic nitrogens is 4. The molecule has 1 N–H and O–H groups in total. The second kappa shape index (κ2) is 10.0. The van der Waals surface area contributed by atoms with Gasteiger partial charge < -0.3 is 14.0 Å². The Morgan fingerprint density at radius 2 is 1.38 bits per heavy atom. The lowest BCUT2D eigenvalue weighted by Crippen LogP contribution is -3.11. The number of para-hydroxylation sites is 4. The maximum absolute atomic E-state index is 4.88. The van der Waals surface area contributed by atoms with Crippen LogP contribution in [0.25, 0.3) is 22.1 Å². The number of nitrogens with one attached hydrogen (secondary N) is 1. The zero-order valence-electron chi connectivity index (χ0n) is 19.9. The fourth-order valence-corrected chi connectivity index (χ4v) is 4.50. The monoisotopic (exact) mass is 451 g/mol. The summed E-state index contributed by atoms with van der Waals surface area (Å²) in [6, 6.07) is 27.0. The van der Waals surface area contributed by atoms with E-state index >= 15 is 0 Å². The van der Waals surface area contributed by atoms with Gasteiger partial charge >= 0.3 is 0 Å². The smallest absolute Gasteiger partial charge is 0.230 e. The molecule has 0 unspecified atom stereocenters. The van der Waals surface area contributed by atoms with E-state index in [2.05, 4.69) is 83.6 Å². The highest BCUT2D eigenvalue weighted by atomic mass is 15.2. The van der Waals surface area contributed by atoms with Crippen molar-refractivity contribution in [2.75, 3.05) is 19.6 Å². The average Bonchev–Trinajstić information content (AvgIpc) is 3.42. The molecule has 172 valence electrons. The molecule has 6 heteroatoms. The van der Waals surface area contributed by atoms with Crippen LogP contribution in [0.15, 0.2) is 83.9 Å². The molecule has 0 radical (unpaired) electrons. The fourth-order valence-electron chi connectivity index (χ4n) is 4.50. The molecule has 0 bridgehead atoms. The highest BCUT2D eigenvalue weighted by molar-refractivity contribution is 5.87. The van der Waals surface area contributed by atoms with Crippen molar-refractivity contribution < 1.29 is 4.90 Å². The van der Waals surface area contributed by atoms with Crippen LogP contribution >= 0.6 is 0 Å².